The molecule has 0 radical (unpaired) electrons. The van der Waals surface area contributed by atoms with Crippen molar-refractivity contribution < 1.29 is 13.2 Å². The van der Waals surface area contributed by atoms with Crippen LogP contribution in [0.5, 0.6) is 0 Å². The van der Waals surface area contributed by atoms with Crippen molar-refractivity contribution in [3.8, 4) is 0 Å². The summed E-state index contributed by atoms with van der Waals surface area (Å²) in [6, 6.07) is 10.6. The fraction of sp³-hybridized carbons (Fsp3) is 0.294. The minimum Gasteiger partial charge on any atom is -0.350 e. The third-order valence-electron chi connectivity index (χ3n) is 3.15. The van der Waals surface area contributed by atoms with Crippen LogP contribution < -0.4 is 10.0 Å². The highest BCUT2D eigenvalue weighted by molar-refractivity contribution is 7.99. The van der Waals surface area contributed by atoms with Crippen molar-refractivity contribution in [1.29, 1.82) is 0 Å². The fourth-order valence-corrected chi connectivity index (χ4v) is 3.28. The molecule has 1 amide bonds. The molecule has 0 unspecified atom stereocenters. The molecule has 0 spiro atoms. The number of amides is 1. The second kappa shape index (κ2) is 8.35. The Balaban J connectivity index is 2.01. The third-order valence-corrected chi connectivity index (χ3v) is 5.41. The van der Waals surface area contributed by atoms with Crippen molar-refractivity contribution in [3.63, 3.8) is 0 Å². The number of nitrogens with one attached hydrogen (secondary N) is 2. The number of carbonyl (C=O) groups is 1. The molecule has 0 aliphatic rings. The number of rotatable bonds is 7. The number of nitrogens with zero attached hydrogens (tertiary/aromatic N) is 1. The van der Waals surface area contributed by atoms with E-state index in [-0.39, 0.29) is 17.7 Å². The van der Waals surface area contributed by atoms with Gasteiger partial charge in [-0.2, -0.15) is 0 Å². The van der Waals surface area contributed by atoms with Crippen molar-refractivity contribution in [2.75, 3.05) is 10.5 Å². The van der Waals surface area contributed by atoms with Gasteiger partial charge in [-0.25, -0.2) is 13.4 Å². The van der Waals surface area contributed by atoms with Gasteiger partial charge in [-0.3, -0.25) is 9.52 Å². The van der Waals surface area contributed by atoms with E-state index in [0.29, 0.717) is 11.3 Å². The minimum absolute atomic E-state index is 0.0319. The molecule has 0 saturated carbocycles. The Morgan fingerprint density at radius 2 is 1.84 bits per heavy atom. The normalized spacial score (nSPS) is 11.4. The van der Waals surface area contributed by atoms with Crippen molar-refractivity contribution in [3.05, 3.63) is 48.2 Å². The zero-order chi connectivity index (χ0) is 18.4. The molecule has 0 saturated heterocycles. The highest BCUT2D eigenvalue weighted by atomic mass is 32.2. The maximum absolute atomic E-state index is 11.9. The Morgan fingerprint density at radius 1 is 1.16 bits per heavy atom. The summed E-state index contributed by atoms with van der Waals surface area (Å²) in [5.41, 5.74) is 1.04. The van der Waals surface area contributed by atoms with E-state index in [4.69, 9.17) is 0 Å². The largest absolute Gasteiger partial charge is 0.350 e. The molecule has 0 atom stereocenters. The smallest absolute Gasteiger partial charge is 0.253 e. The van der Waals surface area contributed by atoms with Crippen LogP contribution in [-0.4, -0.2) is 31.1 Å². The maximum atomic E-state index is 11.9. The number of sulfonamides is 1. The zero-order valence-corrected chi connectivity index (χ0v) is 15.9. The van der Waals surface area contributed by atoms with Gasteiger partial charge < -0.3 is 5.32 Å². The van der Waals surface area contributed by atoms with Crippen LogP contribution in [0.15, 0.2) is 52.5 Å². The summed E-state index contributed by atoms with van der Waals surface area (Å²) in [5.74, 6) is -0.115. The van der Waals surface area contributed by atoms with Crippen molar-refractivity contribution >= 4 is 33.4 Å². The molecule has 134 valence electrons. The number of pyridine rings is 1. The fourth-order valence-electron chi connectivity index (χ4n) is 1.88. The predicted octanol–water partition coefficient (Wildman–Crippen LogP) is 3.13. The number of hydrogen-bond acceptors (Lipinski definition) is 5. The van der Waals surface area contributed by atoms with Gasteiger partial charge in [0.25, 0.3) is 5.91 Å². The summed E-state index contributed by atoms with van der Waals surface area (Å²) in [6.07, 6.45) is 1.55. The lowest BCUT2D eigenvalue weighted by molar-refractivity contribution is 0.0942. The highest BCUT2D eigenvalue weighted by Crippen LogP contribution is 2.27. The first-order valence-electron chi connectivity index (χ1n) is 7.84. The van der Waals surface area contributed by atoms with E-state index < -0.39 is 10.0 Å². The van der Waals surface area contributed by atoms with Crippen LogP contribution in [0.2, 0.25) is 0 Å². The molecular weight excluding hydrogens is 358 g/mol. The highest BCUT2D eigenvalue weighted by Gasteiger charge is 2.09. The van der Waals surface area contributed by atoms with Crippen molar-refractivity contribution in [2.24, 2.45) is 0 Å². The van der Waals surface area contributed by atoms with Gasteiger partial charge in [-0.1, -0.05) is 11.8 Å². The van der Waals surface area contributed by atoms with E-state index in [1.807, 2.05) is 26.0 Å². The van der Waals surface area contributed by atoms with Gasteiger partial charge in [-0.05, 0) is 57.2 Å². The van der Waals surface area contributed by atoms with Crippen LogP contribution in [0.1, 0.15) is 31.1 Å². The first-order chi connectivity index (χ1) is 11.8. The predicted molar refractivity (Wildman–Crippen MR) is 100 cm³/mol. The molecule has 1 aromatic heterocycles. The number of hydrogen-bond donors (Lipinski definition) is 2. The average molecular weight is 380 g/mol. The van der Waals surface area contributed by atoms with Crippen LogP contribution in [-0.2, 0) is 10.0 Å². The number of benzene rings is 1. The average Bonchev–Trinajstić information content (AvgIpc) is 2.56. The standard InChI is InChI=1S/C17H21N3O3S2/c1-4-25(22,23)20-14-6-8-15(9-7-14)24-16-10-5-13(11-18-16)17(21)19-12(2)3/h5-12,20H,4H2,1-3H3,(H,19,21). The molecular formula is C17H21N3O3S2. The molecule has 0 aliphatic carbocycles. The van der Waals surface area contributed by atoms with E-state index in [2.05, 4.69) is 15.0 Å². The van der Waals surface area contributed by atoms with Crippen LogP contribution in [0, 0.1) is 0 Å². The second-order valence-electron chi connectivity index (χ2n) is 5.65. The first-order valence-corrected chi connectivity index (χ1v) is 10.3. The molecule has 2 N–H and O–H groups in total. The van der Waals surface area contributed by atoms with Gasteiger partial charge in [0.15, 0.2) is 0 Å². The summed E-state index contributed by atoms with van der Waals surface area (Å²) in [4.78, 5) is 17.1. The summed E-state index contributed by atoms with van der Waals surface area (Å²) >= 11 is 1.43. The molecule has 6 nitrogen and oxygen atoms in total. The van der Waals surface area contributed by atoms with Gasteiger partial charge in [0.1, 0.15) is 5.03 Å². The lowest BCUT2D eigenvalue weighted by atomic mass is 10.2. The van der Waals surface area contributed by atoms with E-state index in [0.717, 1.165) is 9.92 Å². The Labute approximate surface area is 152 Å². The van der Waals surface area contributed by atoms with Gasteiger partial charge >= 0.3 is 0 Å². The Bertz CT molecular complexity index is 817. The van der Waals surface area contributed by atoms with Gasteiger partial charge in [0.05, 0.1) is 11.3 Å². The topological polar surface area (TPSA) is 88.2 Å². The lowest BCUT2D eigenvalue weighted by Crippen LogP contribution is -2.30. The third kappa shape index (κ3) is 6.06. The molecule has 0 aliphatic heterocycles. The molecule has 1 heterocycles. The van der Waals surface area contributed by atoms with E-state index in [1.165, 1.54) is 11.8 Å². The van der Waals surface area contributed by atoms with Gasteiger partial charge in [-0.15, -0.1) is 0 Å². The molecule has 2 rings (SSSR count). The molecule has 1 aromatic carbocycles. The molecule has 0 bridgehead atoms. The zero-order valence-electron chi connectivity index (χ0n) is 14.3. The Morgan fingerprint density at radius 3 is 2.36 bits per heavy atom. The lowest BCUT2D eigenvalue weighted by Gasteiger charge is -2.09. The maximum Gasteiger partial charge on any atom is 0.253 e. The molecule has 25 heavy (non-hydrogen) atoms. The monoisotopic (exact) mass is 379 g/mol. The number of anilines is 1. The van der Waals surface area contributed by atoms with Crippen LogP contribution in [0.3, 0.4) is 0 Å². The second-order valence-corrected chi connectivity index (χ2v) is 8.75. The van der Waals surface area contributed by atoms with E-state index in [9.17, 15) is 13.2 Å². The first kappa shape index (κ1) is 19.3. The van der Waals surface area contributed by atoms with Crippen molar-refractivity contribution in [2.45, 2.75) is 36.7 Å². The van der Waals surface area contributed by atoms with Crippen LogP contribution >= 0.6 is 11.8 Å². The molecule has 0 fully saturated rings. The summed E-state index contributed by atoms with van der Waals surface area (Å²) in [6.45, 7) is 5.39. The van der Waals surface area contributed by atoms with Crippen LogP contribution in [0.4, 0.5) is 5.69 Å². The van der Waals surface area contributed by atoms with Gasteiger partial charge in [0, 0.05) is 22.8 Å². The summed E-state index contributed by atoms with van der Waals surface area (Å²) in [5, 5.41) is 3.57. The van der Waals surface area contributed by atoms with E-state index >= 15 is 0 Å². The summed E-state index contributed by atoms with van der Waals surface area (Å²) in [7, 11) is -3.27. The SMILES string of the molecule is CCS(=O)(=O)Nc1ccc(Sc2ccc(C(=O)NC(C)C)cn2)cc1. The Hall–Kier alpha value is -2.06. The molecule has 2 aromatic rings. The Kier molecular flexibility index (Phi) is 6.44. The summed E-state index contributed by atoms with van der Waals surface area (Å²) < 4.78 is 25.6. The van der Waals surface area contributed by atoms with Crippen LogP contribution in [0.25, 0.3) is 0 Å². The number of carbonyl (C=O) groups excluding carboxylic acids is 1. The van der Waals surface area contributed by atoms with E-state index in [1.54, 1.807) is 37.4 Å². The quantitative estimate of drug-likeness (QED) is 0.772. The van der Waals surface area contributed by atoms with Crippen molar-refractivity contribution in [1.82, 2.24) is 10.3 Å². The minimum atomic E-state index is -3.27. The number of aromatic nitrogens is 1. The van der Waals surface area contributed by atoms with Gasteiger partial charge in [0.2, 0.25) is 10.0 Å². The molecule has 8 heteroatoms.